The quantitative estimate of drug-likeness (QED) is 0.167. The third-order valence-corrected chi connectivity index (χ3v) is 14.8. The molecule has 4 aromatic heterocycles. The van der Waals surface area contributed by atoms with Crippen molar-refractivity contribution in [1.82, 2.24) is 9.13 Å². The van der Waals surface area contributed by atoms with Gasteiger partial charge in [-0.25, -0.2) is 0 Å². The van der Waals surface area contributed by atoms with Crippen LogP contribution in [0.4, 0.5) is 0 Å². The molecule has 66 heavy (non-hydrogen) atoms. The second kappa shape index (κ2) is 14.1. The van der Waals surface area contributed by atoms with Crippen LogP contribution in [0.5, 0.6) is 0 Å². The van der Waals surface area contributed by atoms with Crippen LogP contribution in [0.15, 0.2) is 154 Å². The van der Waals surface area contributed by atoms with Crippen molar-refractivity contribution in [1.29, 1.82) is 0 Å². The molecule has 13 rings (SSSR count). The Morgan fingerprint density at radius 2 is 0.576 bits per heavy atom. The maximum absolute atomic E-state index is 6.73. The van der Waals surface area contributed by atoms with Crippen molar-refractivity contribution in [2.24, 2.45) is 0 Å². The highest BCUT2D eigenvalue weighted by Crippen LogP contribution is 2.42. The summed E-state index contributed by atoms with van der Waals surface area (Å²) < 4.78 is 18.3. The predicted molar refractivity (Wildman–Crippen MR) is 281 cm³/mol. The van der Waals surface area contributed by atoms with Gasteiger partial charge in [-0.1, -0.05) is 91.8 Å². The Morgan fingerprint density at radius 3 is 0.894 bits per heavy atom. The minimum Gasteiger partial charge on any atom is -0.456 e. The first kappa shape index (κ1) is 39.1. The zero-order chi connectivity index (χ0) is 44.9. The Balaban J connectivity index is 0.916. The minimum absolute atomic E-state index is 0.459. The highest BCUT2D eigenvalue weighted by atomic mass is 16.3. The van der Waals surface area contributed by atoms with E-state index in [1.54, 1.807) is 0 Å². The second-order valence-electron chi connectivity index (χ2n) is 20.2. The fourth-order valence-electron chi connectivity index (χ4n) is 10.9. The highest BCUT2D eigenvalue weighted by molar-refractivity contribution is 6.19. The molecule has 4 heteroatoms. The van der Waals surface area contributed by atoms with Gasteiger partial charge in [0.15, 0.2) is 0 Å². The van der Waals surface area contributed by atoms with Crippen LogP contribution in [-0.2, 0) is 0 Å². The first-order valence-electron chi connectivity index (χ1n) is 23.8. The first-order valence-corrected chi connectivity index (χ1v) is 23.8. The lowest BCUT2D eigenvalue weighted by Crippen LogP contribution is -1.95. The van der Waals surface area contributed by atoms with Gasteiger partial charge in [-0.2, -0.15) is 0 Å². The average Bonchev–Trinajstić information content (AvgIpc) is 4.04. The fourth-order valence-corrected chi connectivity index (χ4v) is 10.9. The van der Waals surface area contributed by atoms with Crippen LogP contribution in [0.1, 0.15) is 101 Å². The van der Waals surface area contributed by atoms with E-state index >= 15 is 0 Å². The van der Waals surface area contributed by atoms with E-state index in [0.29, 0.717) is 23.7 Å². The van der Waals surface area contributed by atoms with Crippen LogP contribution in [0, 0.1) is 0 Å². The number of nitrogens with zero attached hydrogens (tertiary/aromatic N) is 2. The molecule has 0 aliphatic carbocycles. The van der Waals surface area contributed by atoms with Gasteiger partial charge in [0.05, 0.1) is 22.1 Å². The van der Waals surface area contributed by atoms with Crippen molar-refractivity contribution in [2.75, 3.05) is 0 Å². The zero-order valence-electron chi connectivity index (χ0n) is 38.9. The number of rotatable bonds is 6. The smallest absolute Gasteiger partial charge is 0.136 e. The number of hydrogen-bond donors (Lipinski definition) is 0. The second-order valence-corrected chi connectivity index (χ2v) is 20.2. The lowest BCUT2D eigenvalue weighted by atomic mass is 9.98. The number of aromatic nitrogens is 2. The maximum Gasteiger partial charge on any atom is 0.136 e. The standard InChI is InChI=1S/C62H52N2O2/c1-33(2)37-11-17-55-47(23-37)48-24-38(34(3)4)12-18-56(48)63(55)45-15-9-41-27-51-53-31-62-54(32-61(53)65-59(51)29-43(41)21-45)52-28-42-10-16-46(22-44(42)30-60(52)66-62)64-57-19-13-39(35(5)6)25-49(57)50-26-40(36(7)8)14-20-58(50)64/h9-36H,1-8H3. The molecule has 0 saturated heterocycles. The van der Waals surface area contributed by atoms with Gasteiger partial charge in [0.1, 0.15) is 22.3 Å². The molecule has 0 radical (unpaired) electrons. The van der Waals surface area contributed by atoms with Gasteiger partial charge in [0, 0.05) is 54.5 Å². The molecule has 322 valence electrons. The summed E-state index contributed by atoms with van der Waals surface area (Å²) in [7, 11) is 0. The van der Waals surface area contributed by atoms with Gasteiger partial charge in [0.2, 0.25) is 0 Å². The summed E-state index contributed by atoms with van der Waals surface area (Å²) in [6.45, 7) is 18.2. The molecule has 0 atom stereocenters. The monoisotopic (exact) mass is 856 g/mol. The molecule has 9 aromatic carbocycles. The summed E-state index contributed by atoms with van der Waals surface area (Å²) in [4.78, 5) is 0. The number of benzene rings is 9. The molecule has 0 fully saturated rings. The molecule has 4 nitrogen and oxygen atoms in total. The molecule has 0 N–H and O–H groups in total. The molecule has 0 spiro atoms. The summed E-state index contributed by atoms with van der Waals surface area (Å²) in [5.41, 5.74) is 16.1. The molecule has 0 unspecified atom stereocenters. The minimum atomic E-state index is 0.459. The molecule has 0 aliphatic rings. The van der Waals surface area contributed by atoms with E-state index in [1.807, 2.05) is 0 Å². The molecule has 0 saturated carbocycles. The third-order valence-electron chi connectivity index (χ3n) is 14.8. The molecular weight excluding hydrogens is 805 g/mol. The lowest BCUT2D eigenvalue weighted by Gasteiger charge is -2.11. The Hall–Kier alpha value is -7.30. The third kappa shape index (κ3) is 5.76. The molecule has 0 bridgehead atoms. The van der Waals surface area contributed by atoms with Crippen molar-refractivity contribution in [3.05, 3.63) is 168 Å². The molecular formula is C62H52N2O2. The Bertz CT molecular complexity index is 3780. The van der Waals surface area contributed by atoms with E-state index in [0.717, 1.165) is 66.0 Å². The summed E-state index contributed by atoms with van der Waals surface area (Å²) in [6, 6.07) is 55.0. The van der Waals surface area contributed by atoms with Crippen molar-refractivity contribution >= 4 is 109 Å². The van der Waals surface area contributed by atoms with E-state index in [2.05, 4.69) is 210 Å². The van der Waals surface area contributed by atoms with Crippen molar-refractivity contribution in [2.45, 2.75) is 79.1 Å². The molecule has 4 heterocycles. The molecule has 0 aliphatic heterocycles. The fraction of sp³-hybridized carbons (Fsp3) is 0.194. The Morgan fingerprint density at radius 1 is 0.273 bits per heavy atom. The number of furan rings is 2. The van der Waals surface area contributed by atoms with Crippen LogP contribution < -0.4 is 0 Å². The number of hydrogen-bond acceptors (Lipinski definition) is 2. The van der Waals surface area contributed by atoms with Gasteiger partial charge in [-0.15, -0.1) is 0 Å². The van der Waals surface area contributed by atoms with Gasteiger partial charge in [-0.05, 0) is 177 Å². The van der Waals surface area contributed by atoms with E-state index < -0.39 is 0 Å². The van der Waals surface area contributed by atoms with E-state index in [-0.39, 0.29) is 0 Å². The largest absolute Gasteiger partial charge is 0.456 e. The van der Waals surface area contributed by atoms with Crippen LogP contribution in [-0.4, -0.2) is 9.13 Å². The van der Waals surface area contributed by atoms with E-state index in [9.17, 15) is 0 Å². The Kier molecular flexibility index (Phi) is 8.35. The number of fused-ring (bicyclic) bond motifs is 14. The summed E-state index contributed by atoms with van der Waals surface area (Å²) in [5.74, 6) is 1.83. The van der Waals surface area contributed by atoms with Crippen molar-refractivity contribution in [3.63, 3.8) is 0 Å². The van der Waals surface area contributed by atoms with Gasteiger partial charge < -0.3 is 18.0 Å². The van der Waals surface area contributed by atoms with Gasteiger partial charge in [0.25, 0.3) is 0 Å². The Labute approximate surface area is 383 Å². The highest BCUT2D eigenvalue weighted by Gasteiger charge is 2.20. The van der Waals surface area contributed by atoms with Crippen LogP contribution in [0.3, 0.4) is 0 Å². The van der Waals surface area contributed by atoms with E-state index in [1.165, 1.54) is 76.6 Å². The van der Waals surface area contributed by atoms with Crippen LogP contribution >= 0.6 is 0 Å². The maximum atomic E-state index is 6.73. The van der Waals surface area contributed by atoms with Gasteiger partial charge in [-0.3, -0.25) is 0 Å². The van der Waals surface area contributed by atoms with Crippen LogP contribution in [0.2, 0.25) is 0 Å². The lowest BCUT2D eigenvalue weighted by molar-refractivity contribution is 0.664. The van der Waals surface area contributed by atoms with E-state index in [4.69, 9.17) is 8.83 Å². The average molecular weight is 857 g/mol. The summed E-state index contributed by atoms with van der Waals surface area (Å²) in [6.07, 6.45) is 0. The van der Waals surface area contributed by atoms with Crippen molar-refractivity contribution < 1.29 is 8.83 Å². The van der Waals surface area contributed by atoms with Gasteiger partial charge >= 0.3 is 0 Å². The zero-order valence-corrected chi connectivity index (χ0v) is 38.9. The predicted octanol–water partition coefficient (Wildman–Crippen LogP) is 18.5. The molecule has 13 aromatic rings. The first-order chi connectivity index (χ1) is 31.9. The SMILES string of the molecule is CC(C)c1ccc2c(c1)c1cc(C(C)C)ccc1n2-c1ccc2cc3c(cc2c1)oc1cc2c(cc13)oc1cc3cc(-n4c5ccc(C(C)C)cc5c5cc(C(C)C)ccc54)ccc3cc12. The topological polar surface area (TPSA) is 36.1 Å². The summed E-state index contributed by atoms with van der Waals surface area (Å²) in [5, 5.41) is 14.2. The normalized spacial score (nSPS) is 12.8. The molecule has 0 amide bonds. The van der Waals surface area contributed by atoms with Crippen molar-refractivity contribution in [3.8, 4) is 11.4 Å². The summed E-state index contributed by atoms with van der Waals surface area (Å²) >= 11 is 0. The van der Waals surface area contributed by atoms with Crippen LogP contribution in [0.25, 0.3) is 120 Å².